The van der Waals surface area contributed by atoms with Gasteiger partial charge in [-0.3, -0.25) is 4.90 Å². The van der Waals surface area contributed by atoms with Gasteiger partial charge in [0.05, 0.1) is 0 Å². The maximum Gasteiger partial charge on any atom is 0.119 e. The highest BCUT2D eigenvalue weighted by molar-refractivity contribution is 5.46. The van der Waals surface area contributed by atoms with Gasteiger partial charge in [0.1, 0.15) is 18.5 Å². The molecule has 146 valence electrons. The molecule has 0 radical (unpaired) electrons. The third-order valence-corrected chi connectivity index (χ3v) is 5.13. The summed E-state index contributed by atoms with van der Waals surface area (Å²) in [6, 6.07) is 18.7. The number of para-hydroxylation sites is 1. The number of hydrogen-bond acceptors (Lipinski definition) is 4. The molecule has 0 unspecified atom stereocenters. The second kappa shape index (κ2) is 8.77. The smallest absolute Gasteiger partial charge is 0.119 e. The molecule has 1 heterocycles. The lowest BCUT2D eigenvalue weighted by atomic mass is 9.87. The largest absolute Gasteiger partial charge is 0.491 e. The van der Waals surface area contributed by atoms with Crippen molar-refractivity contribution in [1.82, 2.24) is 4.90 Å². The summed E-state index contributed by atoms with van der Waals surface area (Å²) in [6.07, 6.45) is -0.476. The maximum atomic E-state index is 10.3. The molecule has 2 aromatic carbocycles. The molecule has 0 aromatic heterocycles. The summed E-state index contributed by atoms with van der Waals surface area (Å²) in [6.45, 7) is 11.5. The fourth-order valence-electron chi connectivity index (χ4n) is 3.42. The van der Waals surface area contributed by atoms with Crippen LogP contribution in [0.5, 0.6) is 5.75 Å². The molecule has 0 bridgehead atoms. The zero-order valence-corrected chi connectivity index (χ0v) is 16.8. The Labute approximate surface area is 163 Å². The van der Waals surface area contributed by atoms with Crippen molar-refractivity contribution < 1.29 is 9.84 Å². The van der Waals surface area contributed by atoms with Crippen LogP contribution < -0.4 is 9.64 Å². The Morgan fingerprint density at radius 2 is 1.56 bits per heavy atom. The van der Waals surface area contributed by atoms with E-state index in [0.717, 1.165) is 31.9 Å². The third kappa shape index (κ3) is 5.72. The number of ether oxygens (including phenoxy) is 1. The second-order valence-corrected chi connectivity index (χ2v) is 8.36. The number of rotatable bonds is 6. The topological polar surface area (TPSA) is 35.9 Å². The highest BCUT2D eigenvalue weighted by atomic mass is 16.5. The number of β-amino-alcohol motifs (C(OH)–C–C–N with tert-alkyl or cyclic N) is 1. The van der Waals surface area contributed by atoms with Gasteiger partial charge in [-0.2, -0.15) is 0 Å². The molecule has 1 fully saturated rings. The number of benzene rings is 2. The molecule has 1 aliphatic heterocycles. The number of piperazine rings is 1. The van der Waals surface area contributed by atoms with Crippen LogP contribution in [0.2, 0.25) is 0 Å². The van der Waals surface area contributed by atoms with Crippen LogP contribution in [0.25, 0.3) is 0 Å². The first kappa shape index (κ1) is 19.7. The van der Waals surface area contributed by atoms with Gasteiger partial charge >= 0.3 is 0 Å². The first-order valence-electron chi connectivity index (χ1n) is 9.85. The minimum Gasteiger partial charge on any atom is -0.491 e. The molecule has 1 aliphatic rings. The lowest BCUT2D eigenvalue weighted by molar-refractivity contribution is 0.0663. The normalized spacial score (nSPS) is 17.0. The minimum atomic E-state index is -0.476. The predicted molar refractivity (Wildman–Crippen MR) is 112 cm³/mol. The monoisotopic (exact) mass is 368 g/mol. The summed E-state index contributed by atoms with van der Waals surface area (Å²) < 4.78 is 5.78. The number of nitrogens with zero attached hydrogens (tertiary/aromatic N) is 2. The van der Waals surface area contributed by atoms with E-state index in [1.807, 2.05) is 18.2 Å². The maximum absolute atomic E-state index is 10.3. The highest BCUT2D eigenvalue weighted by Crippen LogP contribution is 2.24. The van der Waals surface area contributed by atoms with E-state index < -0.39 is 6.10 Å². The molecule has 3 rings (SSSR count). The first-order valence-corrected chi connectivity index (χ1v) is 9.85. The van der Waals surface area contributed by atoms with E-state index >= 15 is 0 Å². The average molecular weight is 369 g/mol. The molecule has 0 aliphatic carbocycles. The Kier molecular flexibility index (Phi) is 6.40. The van der Waals surface area contributed by atoms with Gasteiger partial charge in [0.15, 0.2) is 0 Å². The Hall–Kier alpha value is -2.04. The van der Waals surface area contributed by atoms with Gasteiger partial charge in [-0.1, -0.05) is 51.1 Å². The molecule has 0 spiro atoms. The molecule has 1 atom stereocenters. The number of aliphatic hydroxyl groups excluding tert-OH is 1. The zero-order chi connectivity index (χ0) is 19.3. The standard InChI is InChI=1S/C23H32N2O2/c1-23(2,3)19-9-11-22(12-10-19)27-18-21(26)17-24-13-15-25(16-14-24)20-7-5-4-6-8-20/h4-12,21,26H,13-18H2,1-3H3/t21-/m0/s1. The van der Waals surface area contributed by atoms with Crippen molar-refractivity contribution in [2.45, 2.75) is 32.3 Å². The summed E-state index contributed by atoms with van der Waals surface area (Å²) in [5.74, 6) is 0.816. The molecule has 0 saturated carbocycles. The van der Waals surface area contributed by atoms with E-state index in [1.165, 1.54) is 11.3 Å². The summed E-state index contributed by atoms with van der Waals surface area (Å²) in [5.41, 5.74) is 2.70. The van der Waals surface area contributed by atoms with E-state index in [2.05, 4.69) is 67.0 Å². The molecule has 4 nitrogen and oxygen atoms in total. The Bertz CT molecular complexity index is 687. The van der Waals surface area contributed by atoms with Crippen LogP contribution in [-0.2, 0) is 5.41 Å². The van der Waals surface area contributed by atoms with Crippen molar-refractivity contribution in [3.05, 3.63) is 60.2 Å². The Morgan fingerprint density at radius 1 is 0.926 bits per heavy atom. The summed E-state index contributed by atoms with van der Waals surface area (Å²) in [4.78, 5) is 4.71. The van der Waals surface area contributed by atoms with Crippen molar-refractivity contribution in [1.29, 1.82) is 0 Å². The molecule has 1 saturated heterocycles. The molecular weight excluding hydrogens is 336 g/mol. The van der Waals surface area contributed by atoms with E-state index in [-0.39, 0.29) is 5.41 Å². The number of hydrogen-bond donors (Lipinski definition) is 1. The Morgan fingerprint density at radius 3 is 2.15 bits per heavy atom. The zero-order valence-electron chi connectivity index (χ0n) is 16.8. The van der Waals surface area contributed by atoms with Crippen molar-refractivity contribution in [3.8, 4) is 5.75 Å². The van der Waals surface area contributed by atoms with E-state index in [9.17, 15) is 5.11 Å². The van der Waals surface area contributed by atoms with Gasteiger partial charge in [0.25, 0.3) is 0 Å². The summed E-state index contributed by atoms with van der Waals surface area (Å²) >= 11 is 0. The fraction of sp³-hybridized carbons (Fsp3) is 0.478. The van der Waals surface area contributed by atoms with Gasteiger partial charge < -0.3 is 14.7 Å². The quantitative estimate of drug-likeness (QED) is 0.846. The lowest BCUT2D eigenvalue weighted by Gasteiger charge is -2.36. The van der Waals surface area contributed by atoms with Crippen LogP contribution in [0.1, 0.15) is 26.3 Å². The van der Waals surface area contributed by atoms with Crippen LogP contribution in [0.4, 0.5) is 5.69 Å². The predicted octanol–water partition coefficient (Wildman–Crippen LogP) is 3.55. The average Bonchev–Trinajstić information content (AvgIpc) is 2.67. The molecule has 27 heavy (non-hydrogen) atoms. The molecule has 4 heteroatoms. The van der Waals surface area contributed by atoms with Crippen molar-refractivity contribution in [3.63, 3.8) is 0 Å². The van der Waals surface area contributed by atoms with Crippen LogP contribution >= 0.6 is 0 Å². The number of anilines is 1. The summed E-state index contributed by atoms with van der Waals surface area (Å²) in [7, 11) is 0. The van der Waals surface area contributed by atoms with Crippen LogP contribution in [-0.4, -0.2) is 55.4 Å². The highest BCUT2D eigenvalue weighted by Gasteiger charge is 2.20. The van der Waals surface area contributed by atoms with Crippen LogP contribution in [0.3, 0.4) is 0 Å². The molecule has 0 amide bonds. The second-order valence-electron chi connectivity index (χ2n) is 8.36. The minimum absolute atomic E-state index is 0.139. The molecular formula is C23H32N2O2. The van der Waals surface area contributed by atoms with Gasteiger partial charge in [-0.15, -0.1) is 0 Å². The number of aliphatic hydroxyl groups is 1. The molecule has 2 aromatic rings. The summed E-state index contributed by atoms with van der Waals surface area (Å²) in [5, 5.41) is 10.3. The van der Waals surface area contributed by atoms with E-state index in [4.69, 9.17) is 4.74 Å². The van der Waals surface area contributed by atoms with Crippen molar-refractivity contribution >= 4 is 5.69 Å². The van der Waals surface area contributed by atoms with Crippen molar-refractivity contribution in [2.24, 2.45) is 0 Å². The molecule has 1 N–H and O–H groups in total. The van der Waals surface area contributed by atoms with E-state index in [0.29, 0.717) is 13.2 Å². The van der Waals surface area contributed by atoms with E-state index in [1.54, 1.807) is 0 Å². The van der Waals surface area contributed by atoms with Crippen molar-refractivity contribution in [2.75, 3.05) is 44.2 Å². The SMILES string of the molecule is CC(C)(C)c1ccc(OC[C@@H](O)CN2CCN(c3ccccc3)CC2)cc1. The van der Waals surface area contributed by atoms with Gasteiger partial charge in [-0.25, -0.2) is 0 Å². The van der Waals surface area contributed by atoms with Crippen LogP contribution in [0.15, 0.2) is 54.6 Å². The Balaban J connectivity index is 1.40. The lowest BCUT2D eigenvalue weighted by Crippen LogP contribution is -2.49. The van der Waals surface area contributed by atoms with Gasteiger partial charge in [-0.05, 0) is 35.2 Å². The van der Waals surface area contributed by atoms with Crippen LogP contribution in [0, 0.1) is 0 Å². The van der Waals surface area contributed by atoms with Gasteiger partial charge in [0, 0.05) is 38.4 Å². The van der Waals surface area contributed by atoms with Gasteiger partial charge in [0.2, 0.25) is 0 Å². The first-order chi connectivity index (χ1) is 12.9. The third-order valence-electron chi connectivity index (χ3n) is 5.13. The fourth-order valence-corrected chi connectivity index (χ4v) is 3.42.